The maximum atomic E-state index is 12.5. The molecule has 0 aliphatic rings. The van der Waals surface area contributed by atoms with E-state index in [1.165, 1.54) is 0 Å². The Morgan fingerprint density at radius 2 is 1.81 bits per heavy atom. The number of rotatable bonds is 8. The fourth-order valence-electron chi connectivity index (χ4n) is 3.77. The first-order chi connectivity index (χ1) is 15.1. The van der Waals surface area contributed by atoms with Gasteiger partial charge in [0.1, 0.15) is 17.4 Å². The van der Waals surface area contributed by atoms with Crippen molar-refractivity contribution >= 4 is 23.3 Å². The third-order valence-corrected chi connectivity index (χ3v) is 5.23. The second kappa shape index (κ2) is 9.61. The number of carbonyl (C=O) groups is 2. The van der Waals surface area contributed by atoms with Crippen molar-refractivity contribution in [1.29, 1.82) is 0 Å². The Labute approximate surface area is 188 Å². The molecule has 0 fully saturated rings. The van der Waals surface area contributed by atoms with Crippen LogP contribution < -0.4 is 0 Å². The highest BCUT2D eigenvalue weighted by Gasteiger charge is 2.21. The highest BCUT2D eigenvalue weighted by atomic mass is 16.6. The Bertz CT molecular complexity index is 1120. The highest BCUT2D eigenvalue weighted by Crippen LogP contribution is 2.22. The third kappa shape index (κ3) is 5.40. The van der Waals surface area contributed by atoms with E-state index in [-0.39, 0.29) is 5.97 Å². The topological polar surface area (TPSA) is 83.3 Å². The zero-order valence-electron chi connectivity index (χ0n) is 19.7. The van der Waals surface area contributed by atoms with Gasteiger partial charge in [-0.2, -0.15) is 0 Å². The molecule has 3 aromatic rings. The lowest BCUT2D eigenvalue weighted by Crippen LogP contribution is -2.25. The zero-order valence-corrected chi connectivity index (χ0v) is 19.7. The number of aldehydes is 1. The van der Waals surface area contributed by atoms with Gasteiger partial charge in [-0.05, 0) is 82.3 Å². The van der Waals surface area contributed by atoms with E-state index < -0.39 is 5.60 Å². The maximum absolute atomic E-state index is 12.5. The number of hydrogen-bond acceptors (Lipinski definition) is 6. The Hall–Kier alpha value is -3.06. The summed E-state index contributed by atoms with van der Waals surface area (Å²) in [5.74, 6) is -0.296. The van der Waals surface area contributed by atoms with E-state index in [4.69, 9.17) is 9.47 Å². The van der Waals surface area contributed by atoms with Crippen LogP contribution in [0.4, 0.5) is 0 Å². The predicted molar refractivity (Wildman–Crippen MR) is 123 cm³/mol. The molecule has 0 bridgehead atoms. The SMILES string of the molecule is Cc1cc(COCCCn2nnc3c(C)c(C=O)ccc32)cc(C)c1C(=O)OC(C)(C)C. The van der Waals surface area contributed by atoms with Crippen LogP contribution >= 0.6 is 0 Å². The van der Waals surface area contributed by atoms with Crippen LogP contribution in [-0.2, 0) is 22.6 Å². The summed E-state index contributed by atoms with van der Waals surface area (Å²) < 4.78 is 13.2. The number of fused-ring (bicyclic) bond motifs is 1. The van der Waals surface area contributed by atoms with E-state index in [0.29, 0.717) is 30.9 Å². The van der Waals surface area contributed by atoms with Crippen LogP contribution in [-0.4, -0.2) is 39.5 Å². The maximum Gasteiger partial charge on any atom is 0.339 e. The van der Waals surface area contributed by atoms with Gasteiger partial charge in [0.2, 0.25) is 0 Å². The molecule has 3 rings (SSSR count). The first-order valence-electron chi connectivity index (χ1n) is 10.8. The van der Waals surface area contributed by atoms with E-state index in [9.17, 15) is 9.59 Å². The van der Waals surface area contributed by atoms with Crippen molar-refractivity contribution in [2.24, 2.45) is 0 Å². The van der Waals surface area contributed by atoms with E-state index in [1.807, 2.05) is 64.4 Å². The van der Waals surface area contributed by atoms with Gasteiger partial charge in [-0.1, -0.05) is 17.3 Å². The molecule has 0 aliphatic carbocycles. The average Bonchev–Trinajstić information content (AvgIpc) is 3.10. The van der Waals surface area contributed by atoms with E-state index in [0.717, 1.165) is 46.0 Å². The molecule has 0 unspecified atom stereocenters. The van der Waals surface area contributed by atoms with Gasteiger partial charge < -0.3 is 9.47 Å². The van der Waals surface area contributed by atoms with Crippen molar-refractivity contribution in [2.75, 3.05) is 6.61 Å². The van der Waals surface area contributed by atoms with Gasteiger partial charge >= 0.3 is 5.97 Å². The fraction of sp³-hybridized carbons (Fsp3) is 0.440. The molecule has 7 heteroatoms. The van der Waals surface area contributed by atoms with Crippen LogP contribution in [0.2, 0.25) is 0 Å². The summed E-state index contributed by atoms with van der Waals surface area (Å²) in [6, 6.07) is 7.63. The standard InChI is InChI=1S/C25H31N3O4/c1-16-12-19(13-17(2)22(16)24(30)32-25(4,5)6)15-31-11-7-10-28-21-9-8-20(14-29)18(3)23(21)26-27-28/h8-9,12-14H,7,10-11,15H2,1-6H3. The van der Waals surface area contributed by atoms with Crippen molar-refractivity contribution in [3.63, 3.8) is 0 Å². The number of hydrogen-bond donors (Lipinski definition) is 0. The molecular formula is C25H31N3O4. The summed E-state index contributed by atoms with van der Waals surface area (Å²) in [6.07, 6.45) is 1.62. The summed E-state index contributed by atoms with van der Waals surface area (Å²) in [6.45, 7) is 13.0. The number of benzene rings is 2. The second-order valence-corrected chi connectivity index (χ2v) is 9.09. The minimum atomic E-state index is -0.525. The van der Waals surface area contributed by atoms with E-state index in [1.54, 1.807) is 6.07 Å². The Morgan fingerprint density at radius 1 is 1.12 bits per heavy atom. The Kier molecular flexibility index (Phi) is 7.09. The lowest BCUT2D eigenvalue weighted by atomic mass is 9.99. The first kappa shape index (κ1) is 23.6. The number of aromatic nitrogens is 3. The fourth-order valence-corrected chi connectivity index (χ4v) is 3.77. The predicted octanol–water partition coefficient (Wildman–Crippen LogP) is 4.73. The monoisotopic (exact) mass is 437 g/mol. The number of esters is 1. The molecule has 1 aromatic heterocycles. The molecule has 7 nitrogen and oxygen atoms in total. The zero-order chi connectivity index (χ0) is 23.5. The van der Waals surface area contributed by atoms with Gasteiger partial charge in [0.25, 0.3) is 0 Å². The third-order valence-electron chi connectivity index (χ3n) is 5.23. The largest absolute Gasteiger partial charge is 0.456 e. The molecule has 1 heterocycles. The van der Waals surface area contributed by atoms with Crippen molar-refractivity contribution in [3.8, 4) is 0 Å². The Morgan fingerprint density at radius 3 is 2.44 bits per heavy atom. The molecule has 0 saturated carbocycles. The van der Waals surface area contributed by atoms with Crippen molar-refractivity contribution in [3.05, 3.63) is 57.6 Å². The minimum absolute atomic E-state index is 0.296. The van der Waals surface area contributed by atoms with Crippen LogP contribution in [0, 0.1) is 20.8 Å². The van der Waals surface area contributed by atoms with E-state index >= 15 is 0 Å². The number of nitrogens with zero attached hydrogens (tertiary/aromatic N) is 3. The Balaban J connectivity index is 1.55. The van der Waals surface area contributed by atoms with Gasteiger partial charge in [0, 0.05) is 18.7 Å². The van der Waals surface area contributed by atoms with Crippen molar-refractivity contribution < 1.29 is 19.1 Å². The van der Waals surface area contributed by atoms with Crippen molar-refractivity contribution in [1.82, 2.24) is 15.0 Å². The molecular weight excluding hydrogens is 406 g/mol. The molecule has 0 N–H and O–H groups in total. The summed E-state index contributed by atoms with van der Waals surface area (Å²) in [5.41, 5.74) is 6.04. The molecule has 2 aromatic carbocycles. The van der Waals surface area contributed by atoms with Gasteiger partial charge in [0.05, 0.1) is 17.7 Å². The van der Waals surface area contributed by atoms with Crippen LogP contribution in [0.25, 0.3) is 11.0 Å². The van der Waals surface area contributed by atoms with Crippen LogP contribution in [0.3, 0.4) is 0 Å². The normalized spacial score (nSPS) is 11.7. The molecule has 0 amide bonds. The highest BCUT2D eigenvalue weighted by molar-refractivity contribution is 5.93. The summed E-state index contributed by atoms with van der Waals surface area (Å²) in [7, 11) is 0. The smallest absolute Gasteiger partial charge is 0.339 e. The van der Waals surface area contributed by atoms with Crippen molar-refractivity contribution in [2.45, 2.75) is 66.7 Å². The molecule has 0 atom stereocenters. The van der Waals surface area contributed by atoms with Crippen LogP contribution in [0.15, 0.2) is 24.3 Å². The van der Waals surface area contributed by atoms with Gasteiger partial charge in [-0.25, -0.2) is 9.48 Å². The lowest BCUT2D eigenvalue weighted by molar-refractivity contribution is 0.00677. The molecule has 170 valence electrons. The number of ether oxygens (including phenoxy) is 2. The summed E-state index contributed by atoms with van der Waals surface area (Å²) in [5, 5.41) is 8.43. The van der Waals surface area contributed by atoms with Gasteiger partial charge in [0.15, 0.2) is 0 Å². The minimum Gasteiger partial charge on any atom is -0.456 e. The van der Waals surface area contributed by atoms with E-state index in [2.05, 4.69) is 10.3 Å². The average molecular weight is 438 g/mol. The quantitative estimate of drug-likeness (QED) is 0.288. The number of carbonyl (C=O) groups excluding carboxylic acids is 2. The summed E-state index contributed by atoms with van der Waals surface area (Å²) in [4.78, 5) is 23.6. The number of aryl methyl sites for hydroxylation is 4. The second-order valence-electron chi connectivity index (χ2n) is 9.09. The van der Waals surface area contributed by atoms with Gasteiger partial charge in [-0.15, -0.1) is 5.10 Å². The van der Waals surface area contributed by atoms with Gasteiger partial charge in [-0.3, -0.25) is 4.79 Å². The lowest BCUT2D eigenvalue weighted by Gasteiger charge is -2.21. The molecule has 0 radical (unpaired) electrons. The van der Waals surface area contributed by atoms with Crippen LogP contribution in [0.1, 0.15) is 70.2 Å². The van der Waals surface area contributed by atoms with Crippen LogP contribution in [0.5, 0.6) is 0 Å². The molecule has 0 spiro atoms. The summed E-state index contributed by atoms with van der Waals surface area (Å²) >= 11 is 0. The molecule has 0 saturated heterocycles. The molecule has 32 heavy (non-hydrogen) atoms. The molecule has 0 aliphatic heterocycles. The first-order valence-corrected chi connectivity index (χ1v) is 10.8.